The molecule has 38 heavy (non-hydrogen) atoms. The number of carbonyl (C=O) groups is 3. The number of aliphatic hydroxyl groups excluding tert-OH is 2. The molecule has 1 unspecified atom stereocenters. The molecule has 11 heteroatoms. The van der Waals surface area contributed by atoms with E-state index >= 15 is 0 Å². The largest absolute Gasteiger partial charge is 0.457 e. The average molecular weight is 544 g/mol. The molecule has 10 nitrogen and oxygen atoms in total. The normalized spacial score (nSPS) is 27.9. The van der Waals surface area contributed by atoms with Crippen molar-refractivity contribution >= 4 is 29.7 Å². The topological polar surface area (TPSA) is 130 Å². The van der Waals surface area contributed by atoms with Gasteiger partial charge in [-0.3, -0.25) is 9.78 Å². The standard InChI is InChI=1S/C27H33N3O7S/c1-5-11-36-26(34)22-24(15(3)21-20(16(4)31)25(33)30(21)22)38-17-13-19(23(32)18-9-7-8-10-28-18)29(14-17)27(35)37-12-6-2/h5-10,15-17,19-21,23,31-32H,1-2,11-14H2,3-4H3/t15-,16-,17+,19-,20-,21-,23?/m1/s1. The van der Waals surface area contributed by atoms with Crippen LogP contribution in [0.2, 0.25) is 0 Å². The molecule has 1 aromatic rings. The van der Waals surface area contributed by atoms with Gasteiger partial charge in [-0.05, 0) is 25.5 Å². The summed E-state index contributed by atoms with van der Waals surface area (Å²) >= 11 is 1.39. The highest BCUT2D eigenvalue weighted by Gasteiger charge is 2.60. The number of hydrogen-bond donors (Lipinski definition) is 2. The molecule has 0 bridgehead atoms. The van der Waals surface area contributed by atoms with Crippen LogP contribution in [0.4, 0.5) is 4.79 Å². The predicted octanol–water partition coefficient (Wildman–Crippen LogP) is 2.41. The van der Waals surface area contributed by atoms with E-state index in [0.29, 0.717) is 17.0 Å². The predicted molar refractivity (Wildman–Crippen MR) is 140 cm³/mol. The SMILES string of the molecule is C=CCOC(=O)C1=C(S[C@H]2C[C@H](C(O)c3ccccn3)N(C(=O)OCC=C)C2)[C@H](C)[C@@H]2[C@@H]([C@@H](C)O)C(=O)N12. The molecule has 0 saturated carbocycles. The van der Waals surface area contributed by atoms with Crippen molar-refractivity contribution in [2.45, 2.75) is 49.8 Å². The van der Waals surface area contributed by atoms with Gasteiger partial charge in [0.15, 0.2) is 0 Å². The molecule has 2 saturated heterocycles. The molecule has 1 aromatic heterocycles. The fourth-order valence-corrected chi connectivity index (χ4v) is 6.97. The number of aliphatic hydroxyl groups is 2. The van der Waals surface area contributed by atoms with Gasteiger partial charge in [0.1, 0.15) is 25.0 Å². The fourth-order valence-electron chi connectivity index (χ4n) is 5.43. The summed E-state index contributed by atoms with van der Waals surface area (Å²) in [5.41, 5.74) is 0.604. The number of fused-ring (bicyclic) bond motifs is 1. The van der Waals surface area contributed by atoms with Gasteiger partial charge in [0, 0.05) is 28.8 Å². The zero-order valence-electron chi connectivity index (χ0n) is 21.4. The maximum Gasteiger partial charge on any atom is 0.410 e. The number of ether oxygens (including phenoxy) is 2. The highest BCUT2D eigenvalue weighted by molar-refractivity contribution is 8.03. The van der Waals surface area contributed by atoms with Gasteiger partial charge in [-0.15, -0.1) is 11.8 Å². The number of aromatic nitrogens is 1. The Hall–Kier alpha value is -3.15. The molecule has 7 atom stereocenters. The van der Waals surface area contributed by atoms with Crippen molar-refractivity contribution in [1.29, 1.82) is 0 Å². The molecule has 0 aromatic carbocycles. The van der Waals surface area contributed by atoms with Crippen LogP contribution in [0.1, 0.15) is 32.1 Å². The van der Waals surface area contributed by atoms with Crippen molar-refractivity contribution in [3.8, 4) is 0 Å². The van der Waals surface area contributed by atoms with Crippen molar-refractivity contribution in [3.05, 3.63) is 66.0 Å². The van der Waals surface area contributed by atoms with E-state index in [1.807, 2.05) is 6.92 Å². The fraction of sp³-hybridized carbons (Fsp3) is 0.481. The van der Waals surface area contributed by atoms with E-state index in [1.165, 1.54) is 33.7 Å². The molecule has 2 N–H and O–H groups in total. The highest BCUT2D eigenvalue weighted by atomic mass is 32.2. The first kappa shape index (κ1) is 27.9. The lowest BCUT2D eigenvalue weighted by atomic mass is 9.79. The summed E-state index contributed by atoms with van der Waals surface area (Å²) in [5, 5.41) is 21.1. The molecule has 4 rings (SSSR count). The zero-order chi connectivity index (χ0) is 27.6. The molecule has 0 aliphatic carbocycles. The molecular formula is C27H33N3O7S. The number of esters is 1. The Labute approximate surface area is 226 Å². The van der Waals surface area contributed by atoms with Crippen LogP contribution in [0.3, 0.4) is 0 Å². The number of amides is 2. The van der Waals surface area contributed by atoms with E-state index in [2.05, 4.69) is 18.1 Å². The number of rotatable bonds is 10. The highest BCUT2D eigenvalue weighted by Crippen LogP contribution is 2.52. The summed E-state index contributed by atoms with van der Waals surface area (Å²) < 4.78 is 10.6. The van der Waals surface area contributed by atoms with Crippen LogP contribution in [-0.4, -0.2) is 86.2 Å². The minimum atomic E-state index is -1.05. The molecule has 204 valence electrons. The number of pyridine rings is 1. The summed E-state index contributed by atoms with van der Waals surface area (Å²) in [6, 6.07) is 4.23. The van der Waals surface area contributed by atoms with Crippen LogP contribution in [0.25, 0.3) is 0 Å². The third-order valence-corrected chi connectivity index (χ3v) is 8.64. The molecule has 3 aliphatic rings. The lowest BCUT2D eigenvalue weighted by Gasteiger charge is -2.46. The van der Waals surface area contributed by atoms with Crippen molar-refractivity contribution < 1.29 is 34.1 Å². The first-order valence-electron chi connectivity index (χ1n) is 12.5. The first-order valence-corrected chi connectivity index (χ1v) is 13.4. The lowest BCUT2D eigenvalue weighted by molar-refractivity contribution is -0.164. The Bertz CT molecular complexity index is 1120. The Morgan fingerprint density at radius 3 is 2.58 bits per heavy atom. The van der Waals surface area contributed by atoms with Crippen LogP contribution >= 0.6 is 11.8 Å². The summed E-state index contributed by atoms with van der Waals surface area (Å²) in [7, 11) is 0. The van der Waals surface area contributed by atoms with Gasteiger partial charge in [0.05, 0.1) is 29.8 Å². The maximum absolute atomic E-state index is 13.1. The third kappa shape index (κ3) is 5.10. The van der Waals surface area contributed by atoms with Gasteiger partial charge in [-0.2, -0.15) is 0 Å². The van der Waals surface area contributed by atoms with Gasteiger partial charge >= 0.3 is 12.1 Å². The van der Waals surface area contributed by atoms with Crippen LogP contribution < -0.4 is 0 Å². The second kappa shape index (κ2) is 11.7. The Balaban J connectivity index is 1.62. The van der Waals surface area contributed by atoms with Crippen molar-refractivity contribution in [1.82, 2.24) is 14.8 Å². The zero-order valence-corrected chi connectivity index (χ0v) is 22.3. The van der Waals surface area contributed by atoms with Gasteiger partial charge in [-0.25, -0.2) is 9.59 Å². The molecule has 2 fully saturated rings. The minimum Gasteiger partial charge on any atom is -0.457 e. The van der Waals surface area contributed by atoms with Gasteiger partial charge < -0.3 is 29.5 Å². The van der Waals surface area contributed by atoms with Crippen molar-refractivity contribution in [2.75, 3.05) is 19.8 Å². The monoisotopic (exact) mass is 543 g/mol. The third-order valence-electron chi connectivity index (χ3n) is 7.15. The van der Waals surface area contributed by atoms with Crippen LogP contribution in [-0.2, 0) is 19.1 Å². The Morgan fingerprint density at radius 1 is 1.24 bits per heavy atom. The molecular weight excluding hydrogens is 510 g/mol. The van der Waals surface area contributed by atoms with E-state index in [9.17, 15) is 24.6 Å². The number of carbonyl (C=O) groups excluding carboxylic acids is 3. The molecule has 2 amide bonds. The minimum absolute atomic E-state index is 0.00805. The Kier molecular flexibility index (Phi) is 8.59. The Morgan fingerprint density at radius 2 is 1.95 bits per heavy atom. The van der Waals surface area contributed by atoms with Gasteiger partial charge in [0.25, 0.3) is 0 Å². The summed E-state index contributed by atoms with van der Waals surface area (Å²) in [5.74, 6) is -1.80. The summed E-state index contributed by atoms with van der Waals surface area (Å²) in [6.07, 6.45) is 2.40. The lowest BCUT2D eigenvalue weighted by Crippen LogP contribution is -2.63. The summed E-state index contributed by atoms with van der Waals surface area (Å²) in [4.78, 5) is 46.7. The van der Waals surface area contributed by atoms with E-state index in [1.54, 1.807) is 31.3 Å². The van der Waals surface area contributed by atoms with Crippen molar-refractivity contribution in [3.63, 3.8) is 0 Å². The van der Waals surface area contributed by atoms with Crippen LogP contribution in [0.15, 0.2) is 60.3 Å². The molecule has 0 spiro atoms. The van der Waals surface area contributed by atoms with E-state index in [0.717, 1.165) is 0 Å². The second-order valence-corrected chi connectivity index (χ2v) is 11.0. The van der Waals surface area contributed by atoms with Gasteiger partial charge in [0.2, 0.25) is 5.91 Å². The van der Waals surface area contributed by atoms with E-state index in [-0.39, 0.29) is 48.6 Å². The van der Waals surface area contributed by atoms with Crippen molar-refractivity contribution in [2.24, 2.45) is 11.8 Å². The second-order valence-electron chi connectivity index (χ2n) is 9.61. The number of nitrogens with zero attached hydrogens (tertiary/aromatic N) is 3. The molecule has 0 radical (unpaired) electrons. The number of hydrogen-bond acceptors (Lipinski definition) is 9. The number of likely N-dealkylation sites (tertiary alicyclic amines) is 1. The van der Waals surface area contributed by atoms with Crippen LogP contribution in [0.5, 0.6) is 0 Å². The molecule has 3 aliphatic heterocycles. The summed E-state index contributed by atoms with van der Waals surface area (Å²) in [6.45, 7) is 10.9. The quantitative estimate of drug-likeness (QED) is 0.260. The molecule has 4 heterocycles. The van der Waals surface area contributed by atoms with Crippen LogP contribution in [0, 0.1) is 11.8 Å². The number of thioether (sulfide) groups is 1. The number of β-lactam (4-membered cyclic amide) rings is 1. The van der Waals surface area contributed by atoms with Gasteiger partial charge in [-0.1, -0.05) is 38.3 Å². The maximum atomic E-state index is 13.1. The van der Waals surface area contributed by atoms with E-state index < -0.39 is 36.2 Å². The van der Waals surface area contributed by atoms with E-state index in [4.69, 9.17) is 9.47 Å². The first-order chi connectivity index (χ1) is 18.2. The average Bonchev–Trinajstić information content (AvgIpc) is 3.43. The smallest absolute Gasteiger partial charge is 0.410 e.